The van der Waals surface area contributed by atoms with Gasteiger partial charge in [-0.05, 0) is 44.5 Å². The van der Waals surface area contributed by atoms with Gasteiger partial charge in [-0.1, -0.05) is 0 Å². The Balaban J connectivity index is 2.00. The molecule has 1 aromatic heterocycles. The summed E-state index contributed by atoms with van der Waals surface area (Å²) in [6, 6.07) is 7.08. The van der Waals surface area contributed by atoms with E-state index in [1.807, 2.05) is 24.6 Å². The smallest absolute Gasteiger partial charge is 0.307 e. The van der Waals surface area contributed by atoms with Gasteiger partial charge >= 0.3 is 5.97 Å². The number of esters is 1. The number of carbonyl (C=O) groups is 2. The number of carbonyl (C=O) groups excluding carboxylic acids is 2. The zero-order valence-corrected chi connectivity index (χ0v) is 16.1. The van der Waals surface area contributed by atoms with Crippen LogP contribution in [0.25, 0.3) is 0 Å². The van der Waals surface area contributed by atoms with Gasteiger partial charge in [0.25, 0.3) is 5.91 Å². The first-order chi connectivity index (χ1) is 13.0. The minimum Gasteiger partial charge on any atom is -0.491 e. The highest BCUT2D eigenvalue weighted by Crippen LogP contribution is 2.16. The van der Waals surface area contributed by atoms with Gasteiger partial charge in [0.1, 0.15) is 5.75 Å². The Bertz CT molecular complexity index is 711. The zero-order chi connectivity index (χ0) is 19.6. The minimum absolute atomic E-state index is 0.0753. The Morgan fingerprint density at radius 3 is 2.52 bits per heavy atom. The summed E-state index contributed by atoms with van der Waals surface area (Å²) in [4.78, 5) is 30.1. The average Bonchev–Trinajstić information content (AvgIpc) is 3.17. The second-order valence-electron chi connectivity index (χ2n) is 6.46. The van der Waals surface area contributed by atoms with Crippen molar-refractivity contribution < 1.29 is 19.1 Å². The molecule has 1 aromatic carbocycles. The monoisotopic (exact) mass is 373 g/mol. The molecule has 0 unspecified atom stereocenters. The van der Waals surface area contributed by atoms with Crippen LogP contribution in [0.5, 0.6) is 5.75 Å². The number of methoxy groups -OCH3 is 1. The van der Waals surface area contributed by atoms with E-state index in [0.29, 0.717) is 18.7 Å². The van der Waals surface area contributed by atoms with Gasteiger partial charge in [0.15, 0.2) is 0 Å². The maximum Gasteiger partial charge on any atom is 0.307 e. The Morgan fingerprint density at radius 1 is 1.19 bits per heavy atom. The van der Waals surface area contributed by atoms with Gasteiger partial charge in [-0.3, -0.25) is 9.59 Å². The van der Waals surface area contributed by atoms with Gasteiger partial charge in [0.2, 0.25) is 0 Å². The predicted molar refractivity (Wildman–Crippen MR) is 102 cm³/mol. The Morgan fingerprint density at radius 2 is 1.93 bits per heavy atom. The first-order valence-electron chi connectivity index (χ1n) is 9.08. The molecule has 0 atom stereocenters. The SMILES string of the molecule is COC(=O)CCN(CCCn1ccnc1)C(=O)c1ccc(OC(C)C)cc1. The molecule has 146 valence electrons. The second kappa shape index (κ2) is 10.4. The molecule has 2 aromatic rings. The molecule has 0 spiro atoms. The van der Waals surface area contributed by atoms with Crippen molar-refractivity contribution in [1.29, 1.82) is 0 Å². The number of hydrogen-bond acceptors (Lipinski definition) is 5. The molecular weight excluding hydrogens is 346 g/mol. The largest absolute Gasteiger partial charge is 0.491 e. The molecule has 27 heavy (non-hydrogen) atoms. The summed E-state index contributed by atoms with van der Waals surface area (Å²) < 4.78 is 12.3. The molecule has 0 fully saturated rings. The molecule has 1 heterocycles. The summed E-state index contributed by atoms with van der Waals surface area (Å²) in [5, 5.41) is 0. The second-order valence-corrected chi connectivity index (χ2v) is 6.46. The molecule has 0 saturated heterocycles. The molecule has 0 radical (unpaired) electrons. The summed E-state index contributed by atoms with van der Waals surface area (Å²) in [7, 11) is 1.35. The zero-order valence-electron chi connectivity index (χ0n) is 16.1. The van der Waals surface area contributed by atoms with Crippen molar-refractivity contribution >= 4 is 11.9 Å². The first-order valence-corrected chi connectivity index (χ1v) is 9.08. The number of aryl methyl sites for hydroxylation is 1. The van der Waals surface area contributed by atoms with Crippen LogP contribution in [-0.2, 0) is 16.1 Å². The van der Waals surface area contributed by atoms with Crippen LogP contribution in [0.4, 0.5) is 0 Å². The summed E-state index contributed by atoms with van der Waals surface area (Å²) in [6.45, 7) is 5.52. The number of aromatic nitrogens is 2. The highest BCUT2D eigenvalue weighted by molar-refractivity contribution is 5.94. The molecule has 0 saturated carbocycles. The average molecular weight is 373 g/mol. The third kappa shape index (κ3) is 6.77. The van der Waals surface area contributed by atoms with Crippen LogP contribution >= 0.6 is 0 Å². The number of benzene rings is 1. The van der Waals surface area contributed by atoms with E-state index in [-0.39, 0.29) is 24.4 Å². The van der Waals surface area contributed by atoms with E-state index in [9.17, 15) is 9.59 Å². The fourth-order valence-corrected chi connectivity index (χ4v) is 2.64. The molecule has 2 rings (SSSR count). The van der Waals surface area contributed by atoms with Crippen LogP contribution < -0.4 is 4.74 Å². The van der Waals surface area contributed by atoms with Crippen LogP contribution in [-0.4, -0.2) is 52.6 Å². The van der Waals surface area contributed by atoms with Crippen LogP contribution in [0.2, 0.25) is 0 Å². The Kier molecular flexibility index (Phi) is 7.85. The fourth-order valence-electron chi connectivity index (χ4n) is 2.64. The quantitative estimate of drug-likeness (QED) is 0.599. The van der Waals surface area contributed by atoms with Crippen molar-refractivity contribution in [3.05, 3.63) is 48.5 Å². The summed E-state index contributed by atoms with van der Waals surface area (Å²) in [6.07, 6.45) is 6.36. The van der Waals surface area contributed by atoms with Crippen molar-refractivity contribution in [2.75, 3.05) is 20.2 Å². The third-order valence-corrected chi connectivity index (χ3v) is 3.98. The molecule has 0 aliphatic rings. The fraction of sp³-hybridized carbons (Fsp3) is 0.450. The molecule has 0 N–H and O–H groups in total. The summed E-state index contributed by atoms with van der Waals surface area (Å²) >= 11 is 0. The van der Waals surface area contributed by atoms with E-state index in [0.717, 1.165) is 18.7 Å². The van der Waals surface area contributed by atoms with Crippen molar-refractivity contribution in [3.63, 3.8) is 0 Å². The standard InChI is InChI=1S/C20H27N3O4/c1-16(2)27-18-7-5-17(6-8-18)20(25)23(13-9-19(24)26-3)12-4-11-22-14-10-21-15-22/h5-8,10,14-16H,4,9,11-13H2,1-3H3. The molecular formula is C20H27N3O4. The number of imidazole rings is 1. The van der Waals surface area contributed by atoms with E-state index in [4.69, 9.17) is 9.47 Å². The normalized spacial score (nSPS) is 10.7. The van der Waals surface area contributed by atoms with Gasteiger partial charge in [-0.15, -0.1) is 0 Å². The molecule has 7 nitrogen and oxygen atoms in total. The van der Waals surface area contributed by atoms with E-state index in [2.05, 4.69) is 4.98 Å². The lowest BCUT2D eigenvalue weighted by atomic mass is 10.1. The molecule has 0 aliphatic heterocycles. The summed E-state index contributed by atoms with van der Waals surface area (Å²) in [5.41, 5.74) is 0.568. The number of ether oxygens (including phenoxy) is 2. The maximum atomic E-state index is 12.9. The van der Waals surface area contributed by atoms with Gasteiger partial charge in [0.05, 0.1) is 26.0 Å². The van der Waals surface area contributed by atoms with Crippen LogP contribution in [0, 0.1) is 0 Å². The number of rotatable bonds is 10. The van der Waals surface area contributed by atoms with Crippen molar-refractivity contribution in [2.45, 2.75) is 39.3 Å². The summed E-state index contributed by atoms with van der Waals surface area (Å²) in [5.74, 6) is 0.284. The lowest BCUT2D eigenvalue weighted by Crippen LogP contribution is -2.34. The Hall–Kier alpha value is -2.83. The van der Waals surface area contributed by atoms with E-state index < -0.39 is 0 Å². The van der Waals surface area contributed by atoms with Crippen molar-refractivity contribution in [3.8, 4) is 5.75 Å². The predicted octanol–water partition coefficient (Wildman–Crippen LogP) is 2.77. The van der Waals surface area contributed by atoms with Crippen molar-refractivity contribution in [1.82, 2.24) is 14.5 Å². The lowest BCUT2D eigenvalue weighted by molar-refractivity contribution is -0.140. The molecule has 0 bridgehead atoms. The van der Waals surface area contributed by atoms with Crippen LogP contribution in [0.15, 0.2) is 43.0 Å². The topological polar surface area (TPSA) is 73.7 Å². The third-order valence-electron chi connectivity index (χ3n) is 3.98. The minimum atomic E-state index is -0.330. The van der Waals surface area contributed by atoms with Gasteiger partial charge < -0.3 is 18.9 Å². The molecule has 1 amide bonds. The van der Waals surface area contributed by atoms with Crippen LogP contribution in [0.1, 0.15) is 37.0 Å². The molecule has 7 heteroatoms. The highest BCUT2D eigenvalue weighted by Gasteiger charge is 2.17. The highest BCUT2D eigenvalue weighted by atomic mass is 16.5. The van der Waals surface area contributed by atoms with E-state index >= 15 is 0 Å². The lowest BCUT2D eigenvalue weighted by Gasteiger charge is -2.22. The van der Waals surface area contributed by atoms with E-state index in [1.165, 1.54) is 7.11 Å². The number of nitrogens with zero attached hydrogens (tertiary/aromatic N) is 3. The van der Waals surface area contributed by atoms with Crippen molar-refractivity contribution in [2.24, 2.45) is 0 Å². The number of hydrogen-bond donors (Lipinski definition) is 0. The molecule has 0 aliphatic carbocycles. The number of amides is 1. The maximum absolute atomic E-state index is 12.9. The Labute approximate surface area is 159 Å². The van der Waals surface area contributed by atoms with Gasteiger partial charge in [-0.25, -0.2) is 4.98 Å². The first kappa shape index (κ1) is 20.5. The van der Waals surface area contributed by atoms with Crippen LogP contribution in [0.3, 0.4) is 0 Å². The van der Waals surface area contributed by atoms with Gasteiger partial charge in [-0.2, -0.15) is 0 Å². The van der Waals surface area contributed by atoms with E-state index in [1.54, 1.807) is 41.7 Å². The van der Waals surface area contributed by atoms with Gasteiger partial charge in [0, 0.05) is 37.6 Å².